The highest BCUT2D eigenvalue weighted by Gasteiger charge is 2.40. The van der Waals surface area contributed by atoms with Gasteiger partial charge in [-0.05, 0) is 60.9 Å². The molecule has 1 aliphatic heterocycles. The summed E-state index contributed by atoms with van der Waals surface area (Å²) >= 11 is 0. The summed E-state index contributed by atoms with van der Waals surface area (Å²) in [6.45, 7) is 3.93. The molecule has 6 heteroatoms. The van der Waals surface area contributed by atoms with Crippen LogP contribution in [0.1, 0.15) is 16.7 Å². The van der Waals surface area contributed by atoms with Gasteiger partial charge in [0.25, 0.3) is 11.8 Å². The topological polar surface area (TPSA) is 67.9 Å². The molecule has 162 valence electrons. The van der Waals surface area contributed by atoms with Crippen molar-refractivity contribution in [1.82, 2.24) is 0 Å². The number of methoxy groups -OCH3 is 2. The number of imide groups is 1. The van der Waals surface area contributed by atoms with Crippen LogP contribution >= 0.6 is 0 Å². The minimum Gasteiger partial charge on any atom is -0.497 e. The monoisotopic (exact) mass is 428 g/mol. The van der Waals surface area contributed by atoms with E-state index in [1.807, 2.05) is 32.0 Å². The Morgan fingerprint density at radius 3 is 2.19 bits per heavy atom. The summed E-state index contributed by atoms with van der Waals surface area (Å²) in [5, 5.41) is 3.24. The van der Waals surface area contributed by atoms with Crippen molar-refractivity contribution in [2.45, 2.75) is 13.8 Å². The van der Waals surface area contributed by atoms with Crippen LogP contribution in [0.3, 0.4) is 0 Å². The normalized spacial score (nSPS) is 13.6. The summed E-state index contributed by atoms with van der Waals surface area (Å²) in [6, 6.07) is 19.9. The molecule has 0 saturated heterocycles. The molecule has 2 amide bonds. The van der Waals surface area contributed by atoms with Gasteiger partial charge in [0, 0.05) is 11.8 Å². The van der Waals surface area contributed by atoms with E-state index in [-0.39, 0.29) is 5.70 Å². The Bertz CT molecular complexity index is 1230. The fourth-order valence-corrected chi connectivity index (χ4v) is 3.66. The van der Waals surface area contributed by atoms with Crippen LogP contribution < -0.4 is 19.7 Å². The number of hydrogen-bond donors (Lipinski definition) is 1. The SMILES string of the molecule is COc1ccc(C2=C(Nc3cc(C)ccc3C)C(=O)N(c3cccc(OC)c3)C2=O)cc1. The number of ether oxygens (including phenoxy) is 2. The summed E-state index contributed by atoms with van der Waals surface area (Å²) in [6.07, 6.45) is 0. The first-order valence-corrected chi connectivity index (χ1v) is 10.2. The lowest BCUT2D eigenvalue weighted by Crippen LogP contribution is -2.32. The molecular weight excluding hydrogens is 404 g/mol. The fourth-order valence-electron chi connectivity index (χ4n) is 3.66. The number of nitrogens with zero attached hydrogens (tertiary/aromatic N) is 1. The van der Waals surface area contributed by atoms with Crippen molar-refractivity contribution in [1.29, 1.82) is 0 Å². The highest BCUT2D eigenvalue weighted by Crippen LogP contribution is 2.36. The molecule has 1 N–H and O–H groups in total. The van der Waals surface area contributed by atoms with Gasteiger partial charge in [-0.25, -0.2) is 4.90 Å². The number of rotatable bonds is 6. The molecule has 0 aromatic heterocycles. The molecule has 3 aromatic rings. The maximum Gasteiger partial charge on any atom is 0.282 e. The van der Waals surface area contributed by atoms with Crippen LogP contribution in [0.25, 0.3) is 5.57 Å². The molecule has 0 bridgehead atoms. The highest BCUT2D eigenvalue weighted by atomic mass is 16.5. The maximum atomic E-state index is 13.6. The van der Waals surface area contributed by atoms with Crippen LogP contribution in [0.15, 0.2) is 72.4 Å². The molecule has 0 saturated carbocycles. The molecule has 1 heterocycles. The van der Waals surface area contributed by atoms with Crippen molar-refractivity contribution in [3.05, 3.63) is 89.1 Å². The molecule has 32 heavy (non-hydrogen) atoms. The van der Waals surface area contributed by atoms with E-state index < -0.39 is 11.8 Å². The van der Waals surface area contributed by atoms with Crippen molar-refractivity contribution in [2.75, 3.05) is 24.4 Å². The van der Waals surface area contributed by atoms with Crippen LogP contribution in [0.4, 0.5) is 11.4 Å². The van der Waals surface area contributed by atoms with Crippen molar-refractivity contribution < 1.29 is 19.1 Å². The number of nitrogens with one attached hydrogen (secondary N) is 1. The lowest BCUT2D eigenvalue weighted by atomic mass is 10.0. The Labute approximate surface area is 187 Å². The molecule has 0 radical (unpaired) electrons. The smallest absolute Gasteiger partial charge is 0.282 e. The van der Waals surface area contributed by atoms with Gasteiger partial charge in [0.05, 0.1) is 25.5 Å². The number of carbonyl (C=O) groups is 2. The van der Waals surface area contributed by atoms with Gasteiger partial charge in [0.2, 0.25) is 0 Å². The zero-order valence-electron chi connectivity index (χ0n) is 18.4. The molecule has 0 atom stereocenters. The van der Waals surface area contributed by atoms with E-state index >= 15 is 0 Å². The van der Waals surface area contributed by atoms with E-state index in [2.05, 4.69) is 5.32 Å². The summed E-state index contributed by atoms with van der Waals surface area (Å²) in [4.78, 5) is 28.3. The van der Waals surface area contributed by atoms with Gasteiger partial charge in [-0.1, -0.05) is 30.3 Å². The second kappa shape index (κ2) is 8.59. The van der Waals surface area contributed by atoms with Crippen molar-refractivity contribution >= 4 is 28.8 Å². The third-order valence-electron chi connectivity index (χ3n) is 5.43. The molecular formula is C26H24N2O4. The Hall–Kier alpha value is -4.06. The van der Waals surface area contributed by atoms with Crippen LogP contribution in [0.2, 0.25) is 0 Å². The summed E-state index contributed by atoms with van der Waals surface area (Å²) < 4.78 is 10.5. The molecule has 3 aromatic carbocycles. The van der Waals surface area contributed by atoms with Gasteiger partial charge < -0.3 is 14.8 Å². The molecule has 0 spiro atoms. The van der Waals surface area contributed by atoms with E-state index in [1.165, 1.54) is 4.90 Å². The lowest BCUT2D eigenvalue weighted by molar-refractivity contribution is -0.120. The first-order valence-electron chi connectivity index (χ1n) is 10.2. The standard InChI is InChI=1S/C26H24N2O4/c1-16-8-9-17(2)22(14-16)27-24-23(18-10-12-20(31-3)13-11-18)25(29)28(26(24)30)19-6-5-7-21(15-19)32-4/h5-15,27H,1-4H3. The lowest BCUT2D eigenvalue weighted by Gasteiger charge is -2.16. The van der Waals surface area contributed by atoms with Crippen LogP contribution in [-0.2, 0) is 9.59 Å². The minimum absolute atomic E-state index is 0.233. The van der Waals surface area contributed by atoms with Crippen molar-refractivity contribution in [3.63, 3.8) is 0 Å². The first-order chi connectivity index (χ1) is 15.4. The van der Waals surface area contributed by atoms with Crippen molar-refractivity contribution in [3.8, 4) is 11.5 Å². The minimum atomic E-state index is -0.421. The number of carbonyl (C=O) groups excluding carboxylic acids is 2. The highest BCUT2D eigenvalue weighted by molar-refractivity contribution is 6.46. The molecule has 1 aliphatic rings. The number of benzene rings is 3. The summed E-state index contributed by atoms with van der Waals surface area (Å²) in [5.41, 5.74) is 4.41. The largest absolute Gasteiger partial charge is 0.497 e. The number of anilines is 2. The van der Waals surface area contributed by atoms with Gasteiger partial charge in [-0.3, -0.25) is 9.59 Å². The van der Waals surface area contributed by atoms with Crippen LogP contribution in [-0.4, -0.2) is 26.0 Å². The third kappa shape index (κ3) is 3.83. The summed E-state index contributed by atoms with van der Waals surface area (Å²) in [5.74, 6) is 0.404. The molecule has 6 nitrogen and oxygen atoms in total. The molecule has 0 fully saturated rings. The van der Waals surface area contributed by atoms with E-state index in [9.17, 15) is 9.59 Å². The van der Waals surface area contributed by atoms with Gasteiger partial charge in [0.15, 0.2) is 0 Å². The van der Waals surface area contributed by atoms with Gasteiger partial charge in [-0.15, -0.1) is 0 Å². The van der Waals surface area contributed by atoms with E-state index in [0.717, 1.165) is 16.8 Å². The van der Waals surface area contributed by atoms with Crippen LogP contribution in [0.5, 0.6) is 11.5 Å². The van der Waals surface area contributed by atoms with Crippen LogP contribution in [0, 0.1) is 13.8 Å². The molecule has 0 unspecified atom stereocenters. The maximum absolute atomic E-state index is 13.6. The zero-order valence-corrected chi connectivity index (χ0v) is 18.4. The fraction of sp³-hybridized carbons (Fsp3) is 0.154. The number of aryl methyl sites for hydroxylation is 2. The van der Waals surface area contributed by atoms with E-state index in [4.69, 9.17) is 9.47 Å². The second-order valence-corrected chi connectivity index (χ2v) is 7.57. The van der Waals surface area contributed by atoms with Gasteiger partial charge >= 0.3 is 0 Å². The zero-order chi connectivity index (χ0) is 22.8. The average Bonchev–Trinajstić information content (AvgIpc) is 3.05. The quantitative estimate of drug-likeness (QED) is 0.576. The van der Waals surface area contributed by atoms with E-state index in [0.29, 0.717) is 28.3 Å². The Kier molecular flexibility index (Phi) is 5.69. The third-order valence-corrected chi connectivity index (χ3v) is 5.43. The molecule has 4 rings (SSSR count). The Morgan fingerprint density at radius 1 is 0.781 bits per heavy atom. The number of amides is 2. The Morgan fingerprint density at radius 2 is 1.50 bits per heavy atom. The predicted molar refractivity (Wildman–Crippen MR) is 125 cm³/mol. The first kappa shape index (κ1) is 21.2. The van der Waals surface area contributed by atoms with Gasteiger partial charge in [-0.2, -0.15) is 0 Å². The van der Waals surface area contributed by atoms with E-state index in [1.54, 1.807) is 62.8 Å². The number of hydrogen-bond acceptors (Lipinski definition) is 5. The Balaban J connectivity index is 1.84. The van der Waals surface area contributed by atoms with Gasteiger partial charge in [0.1, 0.15) is 17.2 Å². The average molecular weight is 428 g/mol. The van der Waals surface area contributed by atoms with Crippen molar-refractivity contribution in [2.24, 2.45) is 0 Å². The summed E-state index contributed by atoms with van der Waals surface area (Å²) in [7, 11) is 3.12. The second-order valence-electron chi connectivity index (χ2n) is 7.57. The molecule has 0 aliphatic carbocycles. The predicted octanol–water partition coefficient (Wildman–Crippen LogP) is 4.72.